The van der Waals surface area contributed by atoms with E-state index in [1.807, 2.05) is 0 Å². The maximum Gasteiger partial charge on any atom is 0.290 e. The minimum atomic E-state index is -1.37. The molecule has 17 heteroatoms. The van der Waals surface area contributed by atoms with Gasteiger partial charge in [-0.25, -0.2) is 0 Å². The summed E-state index contributed by atoms with van der Waals surface area (Å²) in [7, 11) is 0. The van der Waals surface area contributed by atoms with Gasteiger partial charge < -0.3 is 48.1 Å². The molecule has 1 fully saturated rings. The van der Waals surface area contributed by atoms with Crippen LogP contribution in [0.4, 0.5) is 0 Å². The van der Waals surface area contributed by atoms with Gasteiger partial charge in [0.2, 0.25) is 35.8 Å². The number of phenols is 1. The van der Waals surface area contributed by atoms with Gasteiger partial charge in [-0.15, -0.1) is 0 Å². The van der Waals surface area contributed by atoms with Gasteiger partial charge in [0.25, 0.3) is 5.91 Å². The Kier molecular flexibility index (Phi) is 14.4. The summed E-state index contributed by atoms with van der Waals surface area (Å²) in [6.45, 7) is -0.0548. The van der Waals surface area contributed by atoms with E-state index in [-0.39, 0.29) is 63.4 Å². The summed E-state index contributed by atoms with van der Waals surface area (Å²) in [5.41, 5.74) is 12.2. The standard InChI is InChI=1S/C36H45N9O8/c37-36(38)39-16-4-8-26-31(49)34(52)44-27(19-22-6-2-1-3-7-22)32(50)42-24(18-23-10-13-25(47)14-11-23)12-15-30(48)40-20-28(41-21-46)35(53)45-17-5-9-29(45)33(51)43-26/h1-3,6-7,10-15,21,24,26-29,47H,4-5,8-9,16-20H2,(H,40,48)(H,41,46)(H,42,50)(H,43,51)(H,44,52)(H4,37,38,39)/b15-12-/t24-,26+,27-,28+,29+/m1/s1. The van der Waals surface area contributed by atoms with Crippen LogP contribution in [-0.2, 0) is 46.4 Å². The Morgan fingerprint density at radius 1 is 0.906 bits per heavy atom. The molecule has 0 aromatic heterocycles. The van der Waals surface area contributed by atoms with Crippen molar-refractivity contribution in [3.05, 3.63) is 77.9 Å². The van der Waals surface area contributed by atoms with Crippen molar-refractivity contribution in [1.29, 1.82) is 0 Å². The molecule has 0 radical (unpaired) electrons. The number of guanidine groups is 1. The number of rotatable bonds is 10. The number of aromatic hydroxyl groups is 1. The highest BCUT2D eigenvalue weighted by atomic mass is 16.3. The molecule has 53 heavy (non-hydrogen) atoms. The van der Waals surface area contributed by atoms with E-state index in [4.69, 9.17) is 11.5 Å². The van der Waals surface area contributed by atoms with Crippen molar-refractivity contribution in [1.82, 2.24) is 31.5 Å². The summed E-state index contributed by atoms with van der Waals surface area (Å²) < 4.78 is 0. The van der Waals surface area contributed by atoms with Gasteiger partial charge >= 0.3 is 0 Å². The van der Waals surface area contributed by atoms with Crippen LogP contribution in [0.1, 0.15) is 36.8 Å². The van der Waals surface area contributed by atoms with Crippen LogP contribution in [0.15, 0.2) is 71.7 Å². The van der Waals surface area contributed by atoms with Crippen LogP contribution in [0.3, 0.4) is 0 Å². The lowest BCUT2D eigenvalue weighted by atomic mass is 10.0. The van der Waals surface area contributed by atoms with E-state index in [0.29, 0.717) is 24.0 Å². The van der Waals surface area contributed by atoms with E-state index in [2.05, 4.69) is 31.6 Å². The number of hydrogen-bond donors (Lipinski definition) is 8. The van der Waals surface area contributed by atoms with Gasteiger partial charge in [-0.3, -0.25) is 38.6 Å². The third-order valence-corrected chi connectivity index (χ3v) is 8.79. The minimum absolute atomic E-state index is 0.00634. The van der Waals surface area contributed by atoms with Crippen LogP contribution in [0.5, 0.6) is 5.75 Å². The molecule has 0 unspecified atom stereocenters. The number of aliphatic imine (C=N–C) groups is 1. The molecule has 0 spiro atoms. The second-order valence-electron chi connectivity index (χ2n) is 12.7. The maximum absolute atomic E-state index is 13.9. The number of nitrogens with two attached hydrogens (primary N) is 2. The van der Waals surface area contributed by atoms with E-state index in [9.17, 15) is 38.7 Å². The normalized spacial score (nSPS) is 23.8. The number of Topliss-reactive ketones (excluding diaryl/α,β-unsaturated/α-hetero) is 1. The zero-order chi connectivity index (χ0) is 38.3. The Hall–Kier alpha value is -6.26. The summed E-state index contributed by atoms with van der Waals surface area (Å²) in [4.78, 5) is 98.2. The second kappa shape index (κ2) is 19.4. The lowest BCUT2D eigenvalue weighted by Crippen LogP contribution is -2.58. The Bertz CT molecular complexity index is 1700. The van der Waals surface area contributed by atoms with Crippen molar-refractivity contribution >= 4 is 47.7 Å². The Morgan fingerprint density at radius 2 is 1.62 bits per heavy atom. The largest absolute Gasteiger partial charge is 0.508 e. The highest BCUT2D eigenvalue weighted by Crippen LogP contribution is 2.20. The molecule has 2 aromatic carbocycles. The molecule has 282 valence electrons. The highest BCUT2D eigenvalue weighted by Gasteiger charge is 2.39. The molecule has 17 nitrogen and oxygen atoms in total. The van der Waals surface area contributed by atoms with Gasteiger partial charge in [-0.05, 0) is 55.4 Å². The third kappa shape index (κ3) is 11.9. The number of ketones is 1. The summed E-state index contributed by atoms with van der Waals surface area (Å²) in [5.74, 6) is -4.95. The minimum Gasteiger partial charge on any atom is -0.508 e. The van der Waals surface area contributed by atoms with E-state index >= 15 is 0 Å². The predicted octanol–water partition coefficient (Wildman–Crippen LogP) is -1.95. The average molecular weight is 732 g/mol. The van der Waals surface area contributed by atoms with E-state index < -0.39 is 65.5 Å². The van der Waals surface area contributed by atoms with Crippen molar-refractivity contribution in [2.75, 3.05) is 19.6 Å². The number of hydrogen-bond acceptors (Lipinski definition) is 9. The third-order valence-electron chi connectivity index (χ3n) is 8.79. The summed E-state index contributed by atoms with van der Waals surface area (Å²) in [5, 5.41) is 22.7. The summed E-state index contributed by atoms with van der Waals surface area (Å²) >= 11 is 0. The predicted molar refractivity (Wildman–Crippen MR) is 193 cm³/mol. The number of carbonyl (C=O) groups is 7. The number of fused-ring (bicyclic) bond motifs is 1. The average Bonchev–Trinajstić information content (AvgIpc) is 3.64. The highest BCUT2D eigenvalue weighted by molar-refractivity contribution is 6.38. The van der Waals surface area contributed by atoms with Gasteiger partial charge in [0.1, 0.15) is 23.9 Å². The molecule has 0 saturated carbocycles. The maximum atomic E-state index is 13.9. The van der Waals surface area contributed by atoms with Crippen LogP contribution < -0.4 is 38.1 Å². The van der Waals surface area contributed by atoms with Crippen LogP contribution in [-0.4, -0.2) is 108 Å². The van der Waals surface area contributed by atoms with Crippen molar-refractivity contribution in [2.24, 2.45) is 16.5 Å². The van der Waals surface area contributed by atoms with E-state index in [0.717, 1.165) is 6.08 Å². The number of nitrogens with zero attached hydrogens (tertiary/aromatic N) is 2. The zero-order valence-electron chi connectivity index (χ0n) is 29.0. The molecule has 5 atom stereocenters. The van der Waals surface area contributed by atoms with Crippen molar-refractivity contribution in [3.8, 4) is 5.75 Å². The molecule has 2 aliphatic heterocycles. The van der Waals surface area contributed by atoms with Crippen LogP contribution >= 0.6 is 0 Å². The number of amides is 6. The fourth-order valence-electron chi connectivity index (χ4n) is 6.09. The van der Waals surface area contributed by atoms with Gasteiger partial charge in [0, 0.05) is 32.1 Å². The first-order valence-electron chi connectivity index (χ1n) is 17.2. The topological polar surface area (TPSA) is 268 Å². The molecule has 2 aromatic rings. The van der Waals surface area contributed by atoms with E-state index in [1.54, 1.807) is 42.5 Å². The molecule has 1 saturated heterocycles. The molecule has 4 rings (SSSR count). The number of nitrogens with one attached hydrogen (secondary N) is 5. The number of carbonyl (C=O) groups excluding carboxylic acids is 7. The molecular weight excluding hydrogens is 686 g/mol. The molecule has 0 bridgehead atoms. The Morgan fingerprint density at radius 3 is 2.32 bits per heavy atom. The lowest BCUT2D eigenvalue weighted by Gasteiger charge is -2.29. The molecular formula is C36H45N9O8. The van der Waals surface area contributed by atoms with Crippen LogP contribution in [0, 0.1) is 0 Å². The van der Waals surface area contributed by atoms with Gasteiger partial charge in [-0.2, -0.15) is 0 Å². The van der Waals surface area contributed by atoms with Crippen LogP contribution in [0.2, 0.25) is 0 Å². The number of benzene rings is 2. The van der Waals surface area contributed by atoms with Crippen molar-refractivity contribution < 1.29 is 38.7 Å². The van der Waals surface area contributed by atoms with Gasteiger partial charge in [0.15, 0.2) is 5.96 Å². The molecule has 0 aliphatic carbocycles. The first-order valence-corrected chi connectivity index (χ1v) is 17.2. The Balaban J connectivity index is 1.71. The summed E-state index contributed by atoms with van der Waals surface area (Å²) in [6, 6.07) is 9.29. The quantitative estimate of drug-likeness (QED) is 0.0440. The smallest absolute Gasteiger partial charge is 0.290 e. The fraction of sp³-hybridized carbons (Fsp3) is 0.389. The van der Waals surface area contributed by atoms with Crippen molar-refractivity contribution in [3.63, 3.8) is 0 Å². The summed E-state index contributed by atoms with van der Waals surface area (Å²) in [6.07, 6.45) is 3.88. The monoisotopic (exact) mass is 731 g/mol. The lowest BCUT2D eigenvalue weighted by molar-refractivity contribution is -0.143. The second-order valence-corrected chi connectivity index (χ2v) is 12.7. The van der Waals surface area contributed by atoms with Gasteiger partial charge in [-0.1, -0.05) is 48.5 Å². The zero-order valence-corrected chi connectivity index (χ0v) is 29.0. The molecule has 2 aliphatic rings. The molecule has 6 amide bonds. The fourth-order valence-corrected chi connectivity index (χ4v) is 6.09. The first-order chi connectivity index (χ1) is 25.4. The van der Waals surface area contributed by atoms with Gasteiger partial charge in [0.05, 0.1) is 12.1 Å². The van der Waals surface area contributed by atoms with Crippen molar-refractivity contribution in [2.45, 2.75) is 68.7 Å². The SMILES string of the molecule is NC(N)=NCCC[C@@H]1NC(=O)[C@@H]2CCCN2C(=O)[C@@H](NC=O)CNC(=O)/C=C\[C@H](Cc2ccc(O)cc2)NC(=O)[C@@H](Cc2ccccc2)NC(=O)C1=O. The number of phenolic OH excluding ortho intramolecular Hbond substituents is 1. The Labute approximate surface area is 306 Å². The van der Waals surface area contributed by atoms with E-state index in [1.165, 1.54) is 23.1 Å². The molecule has 2 heterocycles. The molecule has 10 N–H and O–H groups in total. The van der Waals surface area contributed by atoms with Crippen LogP contribution in [0.25, 0.3) is 0 Å². The first kappa shape index (κ1) is 39.5.